The molecule has 98 valence electrons. The molecule has 0 radical (unpaired) electrons. The van der Waals surface area contributed by atoms with Gasteiger partial charge in [-0.1, -0.05) is 37.3 Å². The first-order valence-electron chi connectivity index (χ1n) is 6.37. The van der Waals surface area contributed by atoms with Crippen LogP contribution in [0.5, 0.6) is 0 Å². The maximum absolute atomic E-state index is 12.4. The number of carbonyl (C=O) groups excluding carboxylic acids is 2. The van der Waals surface area contributed by atoms with Crippen molar-refractivity contribution in [1.82, 2.24) is 0 Å². The van der Waals surface area contributed by atoms with Gasteiger partial charge in [0.1, 0.15) is 6.29 Å². The normalized spacial score (nSPS) is 12.1. The molecule has 0 amide bonds. The average Bonchev–Trinajstić information content (AvgIpc) is 2.93. The fourth-order valence-corrected chi connectivity index (χ4v) is 2.88. The fourth-order valence-electron chi connectivity index (χ4n) is 1.99. The summed E-state index contributed by atoms with van der Waals surface area (Å²) in [4.78, 5) is 24.1. The molecule has 1 heterocycles. The highest BCUT2D eigenvalue weighted by atomic mass is 32.1. The van der Waals surface area contributed by atoms with E-state index in [9.17, 15) is 9.59 Å². The first kappa shape index (κ1) is 13.7. The minimum atomic E-state index is -0.00285. The summed E-state index contributed by atoms with van der Waals surface area (Å²) in [5, 5.41) is 1.92. The molecule has 0 N–H and O–H groups in total. The van der Waals surface area contributed by atoms with Gasteiger partial charge in [0.15, 0.2) is 0 Å². The monoisotopic (exact) mass is 272 g/mol. The molecule has 0 bridgehead atoms. The topological polar surface area (TPSA) is 34.1 Å². The Kier molecular flexibility index (Phi) is 4.63. The van der Waals surface area contributed by atoms with Gasteiger partial charge in [0.2, 0.25) is 5.78 Å². The van der Waals surface area contributed by atoms with Crippen LogP contribution in [0.15, 0.2) is 41.8 Å². The van der Waals surface area contributed by atoms with E-state index >= 15 is 0 Å². The van der Waals surface area contributed by atoms with Crippen molar-refractivity contribution in [2.75, 3.05) is 0 Å². The highest BCUT2D eigenvalue weighted by Gasteiger charge is 2.17. The van der Waals surface area contributed by atoms with E-state index in [0.717, 1.165) is 23.1 Å². The van der Waals surface area contributed by atoms with Crippen LogP contribution < -0.4 is 0 Å². The van der Waals surface area contributed by atoms with Crippen molar-refractivity contribution >= 4 is 23.4 Å². The molecule has 1 aromatic carbocycles. The second-order valence-electron chi connectivity index (χ2n) is 4.48. The SMILES string of the molecule is CCC(C=O)Cc1ccsc1C(=O)c1ccccc1. The van der Waals surface area contributed by atoms with Crippen LogP contribution in [-0.2, 0) is 11.2 Å². The Morgan fingerprint density at radius 2 is 2.00 bits per heavy atom. The van der Waals surface area contributed by atoms with E-state index in [-0.39, 0.29) is 11.7 Å². The standard InChI is InChI=1S/C16H16O2S/c1-2-12(11-17)10-14-8-9-19-16(14)15(18)13-6-4-3-5-7-13/h3-9,11-12H,2,10H2,1H3. The molecule has 1 atom stereocenters. The number of carbonyl (C=O) groups is 2. The van der Waals surface area contributed by atoms with Gasteiger partial charge in [-0.3, -0.25) is 4.79 Å². The Balaban J connectivity index is 2.24. The van der Waals surface area contributed by atoms with Crippen LogP contribution >= 0.6 is 11.3 Å². The number of hydrogen-bond donors (Lipinski definition) is 0. The molecule has 0 saturated heterocycles. The molecule has 3 heteroatoms. The van der Waals surface area contributed by atoms with Gasteiger partial charge in [-0.25, -0.2) is 0 Å². The predicted molar refractivity (Wildman–Crippen MR) is 77.7 cm³/mol. The molecule has 0 aliphatic carbocycles. The van der Waals surface area contributed by atoms with E-state index in [2.05, 4.69) is 0 Å². The zero-order valence-electron chi connectivity index (χ0n) is 10.8. The number of benzene rings is 1. The number of thiophene rings is 1. The zero-order valence-corrected chi connectivity index (χ0v) is 11.7. The largest absolute Gasteiger partial charge is 0.303 e. The molecule has 1 aromatic heterocycles. The van der Waals surface area contributed by atoms with Crippen molar-refractivity contribution in [3.8, 4) is 0 Å². The van der Waals surface area contributed by atoms with Crippen LogP contribution in [-0.4, -0.2) is 12.1 Å². The molecule has 2 nitrogen and oxygen atoms in total. The molecule has 0 spiro atoms. The lowest BCUT2D eigenvalue weighted by Gasteiger charge is -2.07. The van der Waals surface area contributed by atoms with Crippen LogP contribution in [0.1, 0.15) is 34.1 Å². The van der Waals surface area contributed by atoms with Gasteiger partial charge in [-0.2, -0.15) is 0 Å². The van der Waals surface area contributed by atoms with Crippen molar-refractivity contribution in [3.63, 3.8) is 0 Å². The lowest BCUT2D eigenvalue weighted by Crippen LogP contribution is -2.08. The Bertz CT molecular complexity index is 557. The molecule has 0 fully saturated rings. The molecule has 2 rings (SSSR count). The Morgan fingerprint density at radius 3 is 2.63 bits per heavy atom. The van der Waals surface area contributed by atoms with Crippen LogP contribution in [0.3, 0.4) is 0 Å². The Hall–Kier alpha value is -1.74. The van der Waals surface area contributed by atoms with Gasteiger partial charge in [0.05, 0.1) is 4.88 Å². The lowest BCUT2D eigenvalue weighted by atomic mass is 9.97. The van der Waals surface area contributed by atoms with Gasteiger partial charge in [0.25, 0.3) is 0 Å². The Morgan fingerprint density at radius 1 is 1.26 bits per heavy atom. The highest BCUT2D eigenvalue weighted by molar-refractivity contribution is 7.12. The number of ketones is 1. The van der Waals surface area contributed by atoms with Gasteiger partial charge in [-0.05, 0) is 29.9 Å². The second kappa shape index (κ2) is 6.43. The molecule has 2 aromatic rings. The third-order valence-corrected chi connectivity index (χ3v) is 4.14. The molecular weight excluding hydrogens is 256 g/mol. The third-order valence-electron chi connectivity index (χ3n) is 3.19. The van der Waals surface area contributed by atoms with E-state index in [4.69, 9.17) is 0 Å². The quantitative estimate of drug-likeness (QED) is 0.593. The summed E-state index contributed by atoms with van der Waals surface area (Å²) in [5.41, 5.74) is 1.68. The van der Waals surface area contributed by atoms with E-state index < -0.39 is 0 Å². The van der Waals surface area contributed by atoms with Crippen LogP contribution in [0, 0.1) is 5.92 Å². The Labute approximate surface area is 117 Å². The minimum Gasteiger partial charge on any atom is -0.303 e. The summed E-state index contributed by atoms with van der Waals surface area (Å²) >= 11 is 1.45. The van der Waals surface area contributed by atoms with Crippen LogP contribution in [0.25, 0.3) is 0 Å². The molecule has 0 saturated carbocycles. The summed E-state index contributed by atoms with van der Waals surface area (Å²) in [6.07, 6.45) is 2.43. The van der Waals surface area contributed by atoms with Gasteiger partial charge < -0.3 is 4.79 Å². The van der Waals surface area contributed by atoms with E-state index in [1.165, 1.54) is 11.3 Å². The maximum atomic E-state index is 12.4. The molecule has 0 aliphatic rings. The van der Waals surface area contributed by atoms with Crippen molar-refractivity contribution in [1.29, 1.82) is 0 Å². The first-order chi connectivity index (χ1) is 9.26. The number of aldehydes is 1. The predicted octanol–water partition coefficient (Wildman–Crippen LogP) is 3.75. The van der Waals surface area contributed by atoms with Crippen LogP contribution in [0.4, 0.5) is 0 Å². The minimum absolute atomic E-state index is 0.00285. The van der Waals surface area contributed by atoms with Crippen molar-refractivity contribution < 1.29 is 9.59 Å². The van der Waals surface area contributed by atoms with Crippen molar-refractivity contribution in [2.24, 2.45) is 5.92 Å². The van der Waals surface area contributed by atoms with Gasteiger partial charge >= 0.3 is 0 Å². The number of hydrogen-bond acceptors (Lipinski definition) is 3. The molecular formula is C16H16O2S. The van der Waals surface area contributed by atoms with Gasteiger partial charge in [0, 0.05) is 11.5 Å². The van der Waals surface area contributed by atoms with E-state index in [1.807, 2.05) is 48.7 Å². The summed E-state index contributed by atoms with van der Waals surface area (Å²) in [6.45, 7) is 1.99. The zero-order chi connectivity index (χ0) is 13.7. The van der Waals surface area contributed by atoms with Crippen LogP contribution in [0.2, 0.25) is 0 Å². The fraction of sp³-hybridized carbons (Fsp3) is 0.250. The summed E-state index contributed by atoms with van der Waals surface area (Å²) in [7, 11) is 0. The molecule has 19 heavy (non-hydrogen) atoms. The maximum Gasteiger partial charge on any atom is 0.203 e. The van der Waals surface area contributed by atoms with E-state index in [1.54, 1.807) is 0 Å². The average molecular weight is 272 g/mol. The van der Waals surface area contributed by atoms with Crippen molar-refractivity contribution in [2.45, 2.75) is 19.8 Å². The van der Waals surface area contributed by atoms with Gasteiger partial charge in [-0.15, -0.1) is 11.3 Å². The highest BCUT2D eigenvalue weighted by Crippen LogP contribution is 2.23. The molecule has 0 aliphatic heterocycles. The first-order valence-corrected chi connectivity index (χ1v) is 7.25. The van der Waals surface area contributed by atoms with E-state index in [0.29, 0.717) is 12.0 Å². The summed E-state index contributed by atoms with van der Waals surface area (Å²) < 4.78 is 0. The molecule has 1 unspecified atom stereocenters. The number of rotatable bonds is 6. The summed E-state index contributed by atoms with van der Waals surface area (Å²) in [5.74, 6) is 0.0447. The van der Waals surface area contributed by atoms with Crippen molar-refractivity contribution in [3.05, 3.63) is 57.8 Å². The second-order valence-corrected chi connectivity index (χ2v) is 5.39. The lowest BCUT2D eigenvalue weighted by molar-refractivity contribution is -0.111. The smallest absolute Gasteiger partial charge is 0.203 e. The summed E-state index contributed by atoms with van der Waals surface area (Å²) in [6, 6.07) is 11.2. The third kappa shape index (κ3) is 3.18.